The van der Waals surface area contributed by atoms with Crippen LogP contribution in [0.5, 0.6) is 0 Å². The first-order valence-corrected chi connectivity index (χ1v) is 6.19. The van der Waals surface area contributed by atoms with Crippen molar-refractivity contribution in [3.05, 3.63) is 35.5 Å². The molecule has 0 aliphatic rings. The van der Waals surface area contributed by atoms with Crippen molar-refractivity contribution in [2.45, 2.75) is 19.6 Å². The Morgan fingerprint density at radius 3 is 2.88 bits per heavy atom. The number of ether oxygens (including phenoxy) is 1. The summed E-state index contributed by atoms with van der Waals surface area (Å²) in [7, 11) is 0. The molecule has 0 saturated heterocycles. The zero-order valence-electron chi connectivity index (χ0n) is 9.90. The normalized spacial score (nSPS) is 13.1. The highest BCUT2D eigenvalue weighted by molar-refractivity contribution is 6.35. The number of fused-ring (bicyclic) bond motifs is 1. The summed E-state index contributed by atoms with van der Waals surface area (Å²) in [6.45, 7) is 3.90. The van der Waals surface area contributed by atoms with E-state index in [-0.39, 0.29) is 6.10 Å². The van der Waals surface area contributed by atoms with Crippen molar-refractivity contribution in [3.63, 3.8) is 0 Å². The van der Waals surface area contributed by atoms with E-state index in [1.807, 2.05) is 31.3 Å². The van der Waals surface area contributed by atoms with Crippen LogP contribution in [0, 0.1) is 0 Å². The molecule has 17 heavy (non-hydrogen) atoms. The third-order valence-corrected chi connectivity index (χ3v) is 3.11. The minimum absolute atomic E-state index is 0.0341. The van der Waals surface area contributed by atoms with Gasteiger partial charge in [-0.1, -0.05) is 29.8 Å². The number of aromatic nitrogens is 1. The van der Waals surface area contributed by atoms with Gasteiger partial charge in [0.05, 0.1) is 17.7 Å². The Labute approximate surface area is 106 Å². The van der Waals surface area contributed by atoms with E-state index in [1.165, 1.54) is 0 Å². The highest BCUT2D eigenvalue weighted by atomic mass is 35.5. The van der Waals surface area contributed by atoms with Crippen LogP contribution in [0.25, 0.3) is 10.9 Å². The Bertz CT molecular complexity index is 495. The lowest BCUT2D eigenvalue weighted by Crippen LogP contribution is -2.28. The number of nitrogens with two attached hydrogens (primary N) is 1. The van der Waals surface area contributed by atoms with E-state index < -0.39 is 0 Å². The molecule has 1 heterocycles. The molecule has 2 rings (SSSR count). The van der Waals surface area contributed by atoms with Crippen LogP contribution in [0.15, 0.2) is 30.5 Å². The van der Waals surface area contributed by atoms with Gasteiger partial charge in [-0.2, -0.15) is 0 Å². The molecule has 0 saturated carbocycles. The predicted molar refractivity (Wildman–Crippen MR) is 71.4 cm³/mol. The first-order chi connectivity index (χ1) is 8.26. The number of halogens is 1. The van der Waals surface area contributed by atoms with Gasteiger partial charge in [0.15, 0.2) is 0 Å². The van der Waals surface area contributed by atoms with Crippen LogP contribution in [0.2, 0.25) is 5.02 Å². The third kappa shape index (κ3) is 2.63. The van der Waals surface area contributed by atoms with Crippen molar-refractivity contribution in [2.24, 2.45) is 5.73 Å². The number of hydrogen-bond donors (Lipinski definition) is 1. The molecule has 1 aromatic heterocycles. The number of hydrogen-bond acceptors (Lipinski definition) is 2. The Balaban J connectivity index is 2.29. The van der Waals surface area contributed by atoms with E-state index in [2.05, 4.69) is 10.6 Å². The summed E-state index contributed by atoms with van der Waals surface area (Å²) in [4.78, 5) is 0. The fourth-order valence-electron chi connectivity index (χ4n) is 2.00. The molecular weight excluding hydrogens is 236 g/mol. The van der Waals surface area contributed by atoms with Crippen LogP contribution in [-0.2, 0) is 11.3 Å². The van der Waals surface area contributed by atoms with Crippen molar-refractivity contribution >= 4 is 22.5 Å². The lowest BCUT2D eigenvalue weighted by Gasteiger charge is -2.16. The molecule has 0 aliphatic heterocycles. The van der Waals surface area contributed by atoms with Gasteiger partial charge < -0.3 is 15.0 Å². The average molecular weight is 253 g/mol. The summed E-state index contributed by atoms with van der Waals surface area (Å²) in [5.74, 6) is 0. The van der Waals surface area contributed by atoms with E-state index in [9.17, 15) is 0 Å². The average Bonchev–Trinajstić information content (AvgIpc) is 2.66. The molecule has 1 unspecified atom stereocenters. The van der Waals surface area contributed by atoms with Gasteiger partial charge in [0.25, 0.3) is 0 Å². The lowest BCUT2D eigenvalue weighted by atomic mass is 10.2. The Hall–Kier alpha value is -1.03. The molecule has 0 amide bonds. The minimum Gasteiger partial charge on any atom is -0.375 e. The van der Waals surface area contributed by atoms with Gasteiger partial charge in [0.1, 0.15) is 0 Å². The summed E-state index contributed by atoms with van der Waals surface area (Å²) in [5, 5.41) is 1.84. The molecule has 3 nitrogen and oxygen atoms in total. The smallest absolute Gasteiger partial charge is 0.0875 e. The van der Waals surface area contributed by atoms with Crippen molar-refractivity contribution in [1.29, 1.82) is 0 Å². The van der Waals surface area contributed by atoms with Gasteiger partial charge in [-0.05, 0) is 13.0 Å². The summed E-state index contributed by atoms with van der Waals surface area (Å²) >= 11 is 6.19. The zero-order chi connectivity index (χ0) is 12.3. The van der Waals surface area contributed by atoms with Gasteiger partial charge in [-0.25, -0.2) is 0 Å². The van der Waals surface area contributed by atoms with E-state index >= 15 is 0 Å². The summed E-state index contributed by atoms with van der Waals surface area (Å²) in [5.41, 5.74) is 6.81. The van der Waals surface area contributed by atoms with Crippen LogP contribution >= 0.6 is 11.6 Å². The van der Waals surface area contributed by atoms with Crippen LogP contribution < -0.4 is 5.73 Å². The fraction of sp³-hybridized carbons (Fsp3) is 0.385. The quantitative estimate of drug-likeness (QED) is 0.889. The van der Waals surface area contributed by atoms with Crippen molar-refractivity contribution < 1.29 is 4.74 Å². The highest BCUT2D eigenvalue weighted by Gasteiger charge is 2.11. The summed E-state index contributed by atoms with van der Waals surface area (Å²) < 4.78 is 7.67. The van der Waals surface area contributed by atoms with Crippen molar-refractivity contribution in [1.82, 2.24) is 4.57 Å². The molecule has 1 aromatic carbocycles. The maximum atomic E-state index is 6.19. The van der Waals surface area contributed by atoms with Gasteiger partial charge in [-0.3, -0.25) is 0 Å². The Kier molecular flexibility index (Phi) is 4.05. The van der Waals surface area contributed by atoms with Crippen LogP contribution in [0.4, 0.5) is 0 Å². The first-order valence-electron chi connectivity index (χ1n) is 5.81. The second-order valence-electron chi connectivity index (χ2n) is 3.96. The maximum absolute atomic E-state index is 6.19. The zero-order valence-corrected chi connectivity index (χ0v) is 10.7. The van der Waals surface area contributed by atoms with Gasteiger partial charge in [0, 0.05) is 30.3 Å². The van der Waals surface area contributed by atoms with E-state index in [0.29, 0.717) is 13.2 Å². The Morgan fingerprint density at radius 1 is 1.41 bits per heavy atom. The van der Waals surface area contributed by atoms with Crippen molar-refractivity contribution in [3.8, 4) is 0 Å². The van der Waals surface area contributed by atoms with Crippen LogP contribution in [0.1, 0.15) is 6.92 Å². The molecule has 1 atom stereocenters. The molecule has 4 heteroatoms. The topological polar surface area (TPSA) is 40.2 Å². The largest absolute Gasteiger partial charge is 0.375 e. The number of nitrogens with zero attached hydrogens (tertiary/aromatic N) is 1. The van der Waals surface area contributed by atoms with Crippen LogP contribution in [-0.4, -0.2) is 23.8 Å². The van der Waals surface area contributed by atoms with Crippen molar-refractivity contribution in [2.75, 3.05) is 13.2 Å². The Morgan fingerprint density at radius 2 is 2.18 bits per heavy atom. The molecule has 0 fully saturated rings. The number of rotatable bonds is 5. The molecule has 2 N–H and O–H groups in total. The second-order valence-corrected chi connectivity index (χ2v) is 4.37. The number of para-hydroxylation sites is 1. The lowest BCUT2D eigenvalue weighted by molar-refractivity contribution is 0.0576. The van der Waals surface area contributed by atoms with Gasteiger partial charge in [-0.15, -0.1) is 0 Å². The third-order valence-electron chi connectivity index (χ3n) is 2.81. The molecule has 0 spiro atoms. The summed E-state index contributed by atoms with van der Waals surface area (Å²) in [6.07, 6.45) is 1.97. The predicted octanol–water partition coefficient (Wildman–Crippen LogP) is 2.66. The second kappa shape index (κ2) is 5.54. The number of benzene rings is 1. The molecule has 0 aliphatic carbocycles. The van der Waals surface area contributed by atoms with Gasteiger partial charge >= 0.3 is 0 Å². The SMILES string of the molecule is CCOC(CN)Cn1cc(Cl)c2ccccc21. The molecule has 2 aromatic rings. The molecule has 92 valence electrons. The van der Waals surface area contributed by atoms with E-state index in [4.69, 9.17) is 22.1 Å². The standard InChI is InChI=1S/C13H17ClN2O/c1-2-17-10(7-15)8-16-9-12(14)11-5-3-4-6-13(11)16/h3-6,9-10H,2,7-8,15H2,1H3. The molecule has 0 radical (unpaired) electrons. The van der Waals surface area contributed by atoms with Gasteiger partial charge in [0.2, 0.25) is 0 Å². The minimum atomic E-state index is 0.0341. The fourth-order valence-corrected chi connectivity index (χ4v) is 2.28. The molecule has 0 bridgehead atoms. The van der Waals surface area contributed by atoms with E-state index in [0.717, 1.165) is 22.5 Å². The monoisotopic (exact) mass is 252 g/mol. The van der Waals surface area contributed by atoms with E-state index in [1.54, 1.807) is 0 Å². The first kappa shape index (κ1) is 12.4. The maximum Gasteiger partial charge on any atom is 0.0875 e. The van der Waals surface area contributed by atoms with Crippen LogP contribution in [0.3, 0.4) is 0 Å². The molecular formula is C13H17ClN2O. The summed E-state index contributed by atoms with van der Waals surface area (Å²) in [6, 6.07) is 8.07. The highest BCUT2D eigenvalue weighted by Crippen LogP contribution is 2.25.